The number of para-hydroxylation sites is 1. The van der Waals surface area contributed by atoms with Gasteiger partial charge in [0.05, 0.1) is 34.7 Å². The molecular formula is C45H45Cl4N9O4. The summed E-state index contributed by atoms with van der Waals surface area (Å²) in [5.74, 6) is -0.182. The van der Waals surface area contributed by atoms with Gasteiger partial charge in [0.1, 0.15) is 11.6 Å². The second kappa shape index (κ2) is 18.6. The molecule has 3 aromatic carbocycles. The van der Waals surface area contributed by atoms with Crippen molar-refractivity contribution in [3.05, 3.63) is 121 Å². The summed E-state index contributed by atoms with van der Waals surface area (Å²) in [5.41, 5.74) is 5.34. The second-order valence-corrected chi connectivity index (χ2v) is 17.5. The van der Waals surface area contributed by atoms with Crippen molar-refractivity contribution in [1.29, 1.82) is 0 Å². The molecule has 0 radical (unpaired) electrons. The van der Waals surface area contributed by atoms with Crippen molar-refractivity contribution in [3.8, 4) is 11.1 Å². The van der Waals surface area contributed by atoms with Crippen LogP contribution in [0.1, 0.15) is 45.7 Å². The molecule has 0 aliphatic carbocycles. The van der Waals surface area contributed by atoms with Gasteiger partial charge in [0, 0.05) is 115 Å². The third kappa shape index (κ3) is 9.23. The van der Waals surface area contributed by atoms with Crippen molar-refractivity contribution in [2.45, 2.75) is 33.0 Å². The van der Waals surface area contributed by atoms with Crippen molar-refractivity contribution < 1.29 is 19.5 Å². The number of carbonyl (C=O) groups excluding carboxylic acids is 2. The minimum absolute atomic E-state index is 0.00136. The molecule has 1 saturated heterocycles. The molecule has 322 valence electrons. The highest BCUT2D eigenvalue weighted by atomic mass is 35.5. The van der Waals surface area contributed by atoms with Crippen LogP contribution in [0.2, 0.25) is 20.1 Å². The topological polar surface area (TPSA) is 137 Å². The molecule has 8 rings (SSSR count). The van der Waals surface area contributed by atoms with Gasteiger partial charge in [-0.05, 0) is 79.6 Å². The zero-order chi connectivity index (χ0) is 43.7. The smallest absolute Gasteiger partial charge is 0.337 e. The summed E-state index contributed by atoms with van der Waals surface area (Å²) in [6.07, 6.45) is 3.30. The van der Waals surface area contributed by atoms with Gasteiger partial charge in [0.2, 0.25) is 5.91 Å². The van der Waals surface area contributed by atoms with Crippen molar-refractivity contribution in [3.63, 3.8) is 0 Å². The van der Waals surface area contributed by atoms with E-state index in [-0.39, 0.29) is 30.0 Å². The number of aromatic carboxylic acids is 1. The predicted molar refractivity (Wildman–Crippen MR) is 248 cm³/mol. The van der Waals surface area contributed by atoms with E-state index in [0.717, 1.165) is 22.5 Å². The lowest BCUT2D eigenvalue weighted by Crippen LogP contribution is -2.52. The highest BCUT2D eigenvalue weighted by Crippen LogP contribution is 2.40. The molecule has 3 N–H and O–H groups in total. The first-order chi connectivity index (χ1) is 29.8. The van der Waals surface area contributed by atoms with Crippen LogP contribution >= 0.6 is 46.4 Å². The lowest BCUT2D eigenvalue weighted by atomic mass is 9.98. The minimum Gasteiger partial charge on any atom is -0.478 e. The number of hydrogen-bond acceptors (Lipinski definition) is 10. The summed E-state index contributed by atoms with van der Waals surface area (Å²) in [4.78, 5) is 60.2. The van der Waals surface area contributed by atoms with Crippen LogP contribution in [0.5, 0.6) is 0 Å². The molecule has 5 aromatic rings. The Bertz CT molecular complexity index is 2530. The Balaban J connectivity index is 0.988. The first kappa shape index (κ1) is 43.3. The molecule has 17 heteroatoms. The fraction of sp³-hybridized carbons (Fsp3) is 0.311. The van der Waals surface area contributed by atoms with Crippen LogP contribution in [0.4, 0.5) is 28.7 Å². The number of pyridine rings is 2. The molecule has 1 fully saturated rings. The first-order valence-electron chi connectivity index (χ1n) is 20.4. The number of amides is 2. The van der Waals surface area contributed by atoms with E-state index in [1.807, 2.05) is 49.1 Å². The molecule has 3 aliphatic heterocycles. The third-order valence-corrected chi connectivity index (χ3v) is 12.6. The van der Waals surface area contributed by atoms with Crippen LogP contribution in [0.25, 0.3) is 11.1 Å². The van der Waals surface area contributed by atoms with Gasteiger partial charge in [-0.15, -0.1) is 0 Å². The van der Waals surface area contributed by atoms with E-state index < -0.39 is 5.97 Å². The van der Waals surface area contributed by atoms with Crippen LogP contribution in [-0.4, -0.2) is 108 Å². The number of halogens is 4. The highest BCUT2D eigenvalue weighted by molar-refractivity contribution is 6.34. The highest BCUT2D eigenvalue weighted by Gasteiger charge is 2.32. The van der Waals surface area contributed by atoms with Gasteiger partial charge in [-0.1, -0.05) is 58.5 Å². The number of fused-ring (bicyclic) bond motifs is 2. The van der Waals surface area contributed by atoms with E-state index in [1.54, 1.807) is 52.5 Å². The largest absolute Gasteiger partial charge is 0.478 e. The molecular weight excluding hydrogens is 872 g/mol. The number of carboxylic acids is 1. The lowest BCUT2D eigenvalue weighted by molar-refractivity contribution is -0.120. The zero-order valence-electron chi connectivity index (χ0n) is 34.2. The fourth-order valence-corrected chi connectivity index (χ4v) is 9.04. The molecule has 5 heterocycles. The number of nitrogens with one attached hydrogen (secondary N) is 2. The van der Waals surface area contributed by atoms with Crippen molar-refractivity contribution in [2.75, 3.05) is 84.2 Å². The molecule has 0 saturated carbocycles. The van der Waals surface area contributed by atoms with Crippen LogP contribution in [0.3, 0.4) is 0 Å². The number of piperazine rings is 1. The van der Waals surface area contributed by atoms with Crippen LogP contribution in [0, 0.1) is 0 Å². The molecule has 0 unspecified atom stereocenters. The molecule has 2 aromatic heterocycles. The molecule has 0 atom stereocenters. The molecule has 2 amide bonds. The Labute approximate surface area is 380 Å². The molecule has 62 heavy (non-hydrogen) atoms. The molecule has 13 nitrogen and oxygen atoms in total. The number of nitrogens with zero attached hydrogens (tertiary/aromatic N) is 7. The van der Waals surface area contributed by atoms with Crippen molar-refractivity contribution in [1.82, 2.24) is 19.8 Å². The Hall–Kier alpha value is -5.31. The predicted octanol–water partition coefficient (Wildman–Crippen LogP) is 8.52. The SMILES string of the molecule is CC(C)N(C(=O)CN1CCN(C(=O)c2cnc3c(c2)N(Cc2cc(Cl)ccc2Cl)CCN3)CC1)c1c(C(=O)O)cccc1-c1cnc2c(c1)N(Cc1cc(Cl)ccc1Cl)CCN2. The number of anilines is 5. The van der Waals surface area contributed by atoms with E-state index in [9.17, 15) is 19.5 Å². The molecule has 0 bridgehead atoms. The standard InChI is InChI=1S/C45H45Cl4N9O4/c1-27(2)58(41-34(4-3-5-35(41)45(61)62)28-20-38-42(52-22-28)50-10-12-56(38)24-30-18-32(46)6-8-36(30)48)40(59)26-54-14-16-55(17-15-54)44(60)29-21-39-43(53-23-29)51-11-13-57(39)25-31-19-33(47)7-9-37(31)49/h3-9,18-23,27H,10-17,24-26H2,1-2H3,(H,50,52)(H,51,53)(H,61,62). The fourth-order valence-electron chi connectivity index (χ4n) is 8.29. The van der Waals surface area contributed by atoms with Gasteiger partial charge in [-0.25, -0.2) is 14.8 Å². The van der Waals surface area contributed by atoms with E-state index in [4.69, 9.17) is 51.4 Å². The molecule has 3 aliphatic rings. The van der Waals surface area contributed by atoms with Gasteiger partial charge < -0.3 is 35.3 Å². The summed E-state index contributed by atoms with van der Waals surface area (Å²) < 4.78 is 0. The number of benzene rings is 3. The van der Waals surface area contributed by atoms with Crippen LogP contribution in [0.15, 0.2) is 79.1 Å². The van der Waals surface area contributed by atoms with Gasteiger partial charge in [0.25, 0.3) is 5.91 Å². The van der Waals surface area contributed by atoms with E-state index in [2.05, 4.69) is 25.4 Å². The quantitative estimate of drug-likeness (QED) is 0.118. The van der Waals surface area contributed by atoms with E-state index >= 15 is 0 Å². The number of hydrogen-bond donors (Lipinski definition) is 3. The van der Waals surface area contributed by atoms with Gasteiger partial charge >= 0.3 is 5.97 Å². The zero-order valence-corrected chi connectivity index (χ0v) is 37.2. The van der Waals surface area contributed by atoms with Crippen LogP contribution < -0.4 is 25.3 Å². The summed E-state index contributed by atoms with van der Waals surface area (Å²) in [6.45, 7) is 9.16. The number of rotatable bonds is 11. The summed E-state index contributed by atoms with van der Waals surface area (Å²) in [7, 11) is 0. The maximum atomic E-state index is 14.5. The van der Waals surface area contributed by atoms with Gasteiger partial charge in [-0.2, -0.15) is 0 Å². The maximum absolute atomic E-state index is 14.5. The Morgan fingerprint density at radius 1 is 0.742 bits per heavy atom. The maximum Gasteiger partial charge on any atom is 0.337 e. The van der Waals surface area contributed by atoms with Crippen molar-refractivity contribution in [2.24, 2.45) is 0 Å². The van der Waals surface area contributed by atoms with Gasteiger partial charge in [-0.3, -0.25) is 14.5 Å². The third-order valence-electron chi connectivity index (χ3n) is 11.4. The summed E-state index contributed by atoms with van der Waals surface area (Å²) >= 11 is 25.6. The molecule has 0 spiro atoms. The van der Waals surface area contributed by atoms with Crippen LogP contribution in [-0.2, 0) is 17.9 Å². The Morgan fingerprint density at radius 3 is 1.90 bits per heavy atom. The van der Waals surface area contributed by atoms with Gasteiger partial charge in [0.15, 0.2) is 0 Å². The minimum atomic E-state index is -1.15. The average molecular weight is 918 g/mol. The van der Waals surface area contributed by atoms with Crippen molar-refractivity contribution >= 4 is 92.9 Å². The number of carboxylic acid groups (broad SMARTS) is 1. The number of carbonyl (C=O) groups is 3. The second-order valence-electron chi connectivity index (χ2n) is 15.8. The van der Waals surface area contributed by atoms with E-state index in [1.165, 1.54) is 6.07 Å². The number of aromatic nitrogens is 2. The van der Waals surface area contributed by atoms with E-state index in [0.29, 0.717) is 120 Å². The summed E-state index contributed by atoms with van der Waals surface area (Å²) in [6, 6.07) is 19.2. The normalized spacial score (nSPS) is 15.1. The lowest BCUT2D eigenvalue weighted by Gasteiger charge is -2.37. The Kier molecular flexibility index (Phi) is 13.0. The first-order valence-corrected chi connectivity index (χ1v) is 21.9. The summed E-state index contributed by atoms with van der Waals surface area (Å²) in [5, 5.41) is 19.6. The monoisotopic (exact) mass is 915 g/mol. The Morgan fingerprint density at radius 2 is 1.32 bits per heavy atom. The average Bonchev–Trinajstić information content (AvgIpc) is 3.26.